The Morgan fingerprint density at radius 1 is 1.15 bits per heavy atom. The zero-order valence-corrected chi connectivity index (χ0v) is 12.7. The SMILES string of the molecule is CCNC(Cc1cccc(Cl)c1)c1ccc(F)c(Cl)c1. The normalized spacial score (nSPS) is 12.4. The van der Waals surface area contributed by atoms with E-state index in [9.17, 15) is 4.39 Å². The van der Waals surface area contributed by atoms with Crippen LogP contribution in [-0.4, -0.2) is 6.54 Å². The Labute approximate surface area is 128 Å². The van der Waals surface area contributed by atoms with Crippen LogP contribution < -0.4 is 5.32 Å². The third-order valence-electron chi connectivity index (χ3n) is 3.13. The topological polar surface area (TPSA) is 12.0 Å². The second-order valence-corrected chi connectivity index (χ2v) is 5.46. The fraction of sp³-hybridized carbons (Fsp3) is 0.250. The van der Waals surface area contributed by atoms with Crippen LogP contribution in [0.2, 0.25) is 10.0 Å². The van der Waals surface area contributed by atoms with Crippen LogP contribution in [0.15, 0.2) is 42.5 Å². The standard InChI is InChI=1S/C16H16Cl2FN/c1-2-20-16(9-11-4-3-5-13(17)8-11)12-6-7-15(19)14(18)10-12/h3-8,10,16,20H,2,9H2,1H3. The van der Waals surface area contributed by atoms with E-state index in [2.05, 4.69) is 5.32 Å². The molecule has 4 heteroatoms. The van der Waals surface area contributed by atoms with Crippen molar-refractivity contribution in [2.24, 2.45) is 0 Å². The maximum Gasteiger partial charge on any atom is 0.141 e. The molecule has 1 N–H and O–H groups in total. The van der Waals surface area contributed by atoms with Crippen LogP contribution in [0.25, 0.3) is 0 Å². The molecule has 1 nitrogen and oxygen atoms in total. The van der Waals surface area contributed by atoms with E-state index >= 15 is 0 Å². The summed E-state index contributed by atoms with van der Waals surface area (Å²) < 4.78 is 13.3. The second-order valence-electron chi connectivity index (χ2n) is 4.62. The summed E-state index contributed by atoms with van der Waals surface area (Å²) in [4.78, 5) is 0. The number of rotatable bonds is 5. The van der Waals surface area contributed by atoms with Crippen molar-refractivity contribution in [3.63, 3.8) is 0 Å². The average Bonchev–Trinajstić information content (AvgIpc) is 2.41. The van der Waals surface area contributed by atoms with Crippen molar-refractivity contribution in [1.29, 1.82) is 0 Å². The first-order valence-corrected chi connectivity index (χ1v) is 7.28. The van der Waals surface area contributed by atoms with Crippen molar-refractivity contribution in [2.75, 3.05) is 6.54 Å². The van der Waals surface area contributed by atoms with Crippen molar-refractivity contribution >= 4 is 23.2 Å². The Kier molecular flexibility index (Phi) is 5.41. The first kappa shape index (κ1) is 15.3. The van der Waals surface area contributed by atoms with Crippen molar-refractivity contribution in [2.45, 2.75) is 19.4 Å². The first-order chi connectivity index (χ1) is 9.60. The molecule has 0 amide bonds. The number of hydrogen-bond acceptors (Lipinski definition) is 1. The van der Waals surface area contributed by atoms with Crippen molar-refractivity contribution < 1.29 is 4.39 Å². The van der Waals surface area contributed by atoms with Gasteiger partial charge in [-0.2, -0.15) is 0 Å². The molecule has 1 atom stereocenters. The van der Waals surface area contributed by atoms with Gasteiger partial charge < -0.3 is 5.32 Å². The molecule has 0 aromatic heterocycles. The molecule has 0 aliphatic heterocycles. The smallest absolute Gasteiger partial charge is 0.141 e. The molecular weight excluding hydrogens is 296 g/mol. The van der Waals surface area contributed by atoms with Gasteiger partial charge in [-0.25, -0.2) is 4.39 Å². The summed E-state index contributed by atoms with van der Waals surface area (Å²) in [7, 11) is 0. The van der Waals surface area contributed by atoms with Gasteiger partial charge in [-0.3, -0.25) is 0 Å². The van der Waals surface area contributed by atoms with E-state index in [-0.39, 0.29) is 11.1 Å². The molecule has 0 fully saturated rings. The molecule has 2 rings (SSSR count). The summed E-state index contributed by atoms with van der Waals surface area (Å²) in [6.07, 6.45) is 0.774. The van der Waals surface area contributed by atoms with Gasteiger partial charge in [0.1, 0.15) is 5.82 Å². The highest BCUT2D eigenvalue weighted by atomic mass is 35.5. The molecule has 0 spiro atoms. The predicted octanol–water partition coefficient (Wildman–Crippen LogP) is 5.03. The van der Waals surface area contributed by atoms with Gasteiger partial charge in [0, 0.05) is 11.1 Å². The van der Waals surface area contributed by atoms with Crippen LogP contribution in [0.4, 0.5) is 4.39 Å². The summed E-state index contributed by atoms with van der Waals surface area (Å²) in [6.45, 7) is 2.86. The Bertz CT molecular complexity index is 586. The number of likely N-dealkylation sites (N-methyl/N-ethyl adjacent to an activating group) is 1. The summed E-state index contributed by atoms with van der Waals surface area (Å²) in [6, 6.07) is 12.7. The maximum absolute atomic E-state index is 13.3. The second kappa shape index (κ2) is 7.07. The molecule has 0 saturated carbocycles. The number of hydrogen-bond donors (Lipinski definition) is 1. The highest BCUT2D eigenvalue weighted by Crippen LogP contribution is 2.24. The molecule has 0 radical (unpaired) electrons. The Morgan fingerprint density at radius 2 is 1.95 bits per heavy atom. The van der Waals surface area contributed by atoms with Crippen molar-refractivity contribution in [3.8, 4) is 0 Å². The van der Waals surface area contributed by atoms with Gasteiger partial charge >= 0.3 is 0 Å². The maximum atomic E-state index is 13.3. The van der Waals surface area contributed by atoms with Crippen LogP contribution in [0.1, 0.15) is 24.1 Å². The lowest BCUT2D eigenvalue weighted by Crippen LogP contribution is -2.23. The number of benzene rings is 2. The van der Waals surface area contributed by atoms with Gasteiger partial charge in [-0.1, -0.05) is 48.3 Å². The van der Waals surface area contributed by atoms with Gasteiger partial charge in [0.2, 0.25) is 0 Å². The Hall–Kier alpha value is -1.09. The average molecular weight is 312 g/mol. The fourth-order valence-electron chi connectivity index (χ4n) is 2.18. The fourth-order valence-corrected chi connectivity index (χ4v) is 2.58. The summed E-state index contributed by atoms with van der Waals surface area (Å²) in [5.74, 6) is -0.395. The minimum Gasteiger partial charge on any atom is -0.310 e. The first-order valence-electron chi connectivity index (χ1n) is 6.53. The van der Waals surface area contributed by atoms with Crippen LogP contribution in [0.3, 0.4) is 0 Å². The predicted molar refractivity (Wildman–Crippen MR) is 83.0 cm³/mol. The molecular formula is C16H16Cl2FN. The lowest BCUT2D eigenvalue weighted by molar-refractivity contribution is 0.547. The summed E-state index contributed by atoms with van der Waals surface area (Å²) >= 11 is 11.9. The van der Waals surface area contributed by atoms with Gasteiger partial charge in [-0.05, 0) is 48.4 Å². The Morgan fingerprint density at radius 3 is 2.60 bits per heavy atom. The van der Waals surface area contributed by atoms with Crippen LogP contribution in [-0.2, 0) is 6.42 Å². The third kappa shape index (κ3) is 3.95. The zero-order chi connectivity index (χ0) is 14.5. The van der Waals surface area contributed by atoms with Gasteiger partial charge in [0.15, 0.2) is 0 Å². The summed E-state index contributed by atoms with van der Waals surface area (Å²) in [5.41, 5.74) is 2.10. The molecule has 0 aliphatic carbocycles. The largest absolute Gasteiger partial charge is 0.310 e. The van der Waals surface area contributed by atoms with E-state index in [1.54, 1.807) is 12.1 Å². The van der Waals surface area contributed by atoms with Crippen LogP contribution in [0, 0.1) is 5.82 Å². The quantitative estimate of drug-likeness (QED) is 0.817. The van der Waals surface area contributed by atoms with Crippen LogP contribution >= 0.6 is 23.2 Å². The highest BCUT2D eigenvalue weighted by Gasteiger charge is 2.13. The number of halogens is 3. The van der Waals surface area contributed by atoms with E-state index in [1.165, 1.54) is 6.07 Å². The molecule has 0 bridgehead atoms. The molecule has 20 heavy (non-hydrogen) atoms. The van der Waals surface area contributed by atoms with Crippen molar-refractivity contribution in [1.82, 2.24) is 5.32 Å². The lowest BCUT2D eigenvalue weighted by atomic mass is 9.99. The van der Waals surface area contributed by atoms with E-state index < -0.39 is 5.82 Å². The van der Waals surface area contributed by atoms with Gasteiger partial charge in [-0.15, -0.1) is 0 Å². The molecule has 2 aromatic carbocycles. The zero-order valence-electron chi connectivity index (χ0n) is 11.2. The minimum absolute atomic E-state index is 0.0802. The van der Waals surface area contributed by atoms with Crippen LogP contribution in [0.5, 0.6) is 0 Å². The Balaban J connectivity index is 2.24. The lowest BCUT2D eigenvalue weighted by Gasteiger charge is -2.19. The summed E-state index contributed by atoms with van der Waals surface area (Å²) in [5, 5.41) is 4.26. The van der Waals surface area contributed by atoms with Gasteiger partial charge in [0.05, 0.1) is 5.02 Å². The highest BCUT2D eigenvalue weighted by molar-refractivity contribution is 6.31. The van der Waals surface area contributed by atoms with E-state index in [1.807, 2.05) is 31.2 Å². The third-order valence-corrected chi connectivity index (χ3v) is 3.65. The molecule has 1 unspecified atom stereocenters. The van der Waals surface area contributed by atoms with E-state index in [0.717, 1.165) is 29.1 Å². The van der Waals surface area contributed by atoms with E-state index in [4.69, 9.17) is 23.2 Å². The van der Waals surface area contributed by atoms with E-state index in [0.29, 0.717) is 0 Å². The monoisotopic (exact) mass is 311 g/mol. The number of nitrogens with one attached hydrogen (secondary N) is 1. The molecule has 0 heterocycles. The molecule has 0 aliphatic rings. The minimum atomic E-state index is -0.395. The molecule has 106 valence electrons. The van der Waals surface area contributed by atoms with Gasteiger partial charge in [0.25, 0.3) is 0 Å². The molecule has 0 saturated heterocycles. The van der Waals surface area contributed by atoms with Crippen molar-refractivity contribution in [3.05, 3.63) is 69.5 Å². The molecule has 2 aromatic rings.